The number of rotatable bonds is 1. The Morgan fingerprint density at radius 3 is 2.78 bits per heavy atom. The summed E-state index contributed by atoms with van der Waals surface area (Å²) in [7, 11) is 0. The summed E-state index contributed by atoms with van der Waals surface area (Å²) >= 11 is 0. The van der Waals surface area contributed by atoms with Crippen LogP contribution in [0.4, 0.5) is 0 Å². The molecule has 0 atom stereocenters. The number of hydrogen-bond donors (Lipinski definition) is 0. The van der Waals surface area contributed by atoms with E-state index < -0.39 is 0 Å². The molecule has 0 spiro atoms. The van der Waals surface area contributed by atoms with E-state index in [0.29, 0.717) is 0 Å². The molecule has 0 bridgehead atoms. The fourth-order valence-electron chi connectivity index (χ4n) is 2.53. The predicted molar refractivity (Wildman–Crippen MR) is 76.4 cm³/mol. The Kier molecular flexibility index (Phi) is 2.74. The van der Waals surface area contributed by atoms with Crippen LogP contribution in [0.15, 0.2) is 55.1 Å². The van der Waals surface area contributed by atoms with Crippen LogP contribution < -0.4 is 0 Å². The summed E-state index contributed by atoms with van der Waals surface area (Å²) in [5.41, 5.74) is 6.91. The topological polar surface area (TPSA) is 0 Å². The number of fused-ring (bicyclic) bond motifs is 3. The molecule has 0 radical (unpaired) electrons. The lowest BCUT2D eigenvalue weighted by Gasteiger charge is -2.02. The van der Waals surface area contributed by atoms with Crippen molar-refractivity contribution in [2.45, 2.75) is 12.8 Å². The van der Waals surface area contributed by atoms with E-state index in [2.05, 4.69) is 60.9 Å². The van der Waals surface area contributed by atoms with Gasteiger partial charge in [-0.1, -0.05) is 60.9 Å². The van der Waals surface area contributed by atoms with Crippen LogP contribution in [0.5, 0.6) is 0 Å². The third-order valence-electron chi connectivity index (χ3n) is 3.35. The van der Waals surface area contributed by atoms with Gasteiger partial charge in [0.1, 0.15) is 0 Å². The SMILES string of the molecule is C=CC#CCc1ccc2c(c1)Cc1ccccc1-2. The van der Waals surface area contributed by atoms with Gasteiger partial charge in [-0.15, -0.1) is 0 Å². The summed E-state index contributed by atoms with van der Waals surface area (Å²) in [6.45, 7) is 3.60. The summed E-state index contributed by atoms with van der Waals surface area (Å²) in [4.78, 5) is 0. The molecular formula is C18H14. The largest absolute Gasteiger partial charge is 0.0938 e. The molecule has 0 saturated heterocycles. The molecule has 3 rings (SSSR count). The molecule has 0 saturated carbocycles. The maximum atomic E-state index is 3.60. The van der Waals surface area contributed by atoms with Crippen molar-refractivity contribution in [2.24, 2.45) is 0 Å². The molecule has 2 aromatic rings. The van der Waals surface area contributed by atoms with Crippen molar-refractivity contribution in [1.29, 1.82) is 0 Å². The molecule has 0 aromatic heterocycles. The molecule has 1 aliphatic carbocycles. The zero-order valence-electron chi connectivity index (χ0n) is 10.2. The van der Waals surface area contributed by atoms with E-state index in [-0.39, 0.29) is 0 Å². The molecule has 86 valence electrons. The molecule has 2 aromatic carbocycles. The summed E-state index contributed by atoms with van der Waals surface area (Å²) < 4.78 is 0. The molecule has 0 fully saturated rings. The smallest absolute Gasteiger partial charge is 0.0344 e. The van der Waals surface area contributed by atoms with Crippen molar-refractivity contribution in [3.63, 3.8) is 0 Å². The van der Waals surface area contributed by atoms with Crippen molar-refractivity contribution >= 4 is 0 Å². The Labute approximate surface area is 108 Å². The monoisotopic (exact) mass is 230 g/mol. The van der Waals surface area contributed by atoms with Crippen LogP contribution in [0.1, 0.15) is 16.7 Å². The van der Waals surface area contributed by atoms with Gasteiger partial charge in [0.05, 0.1) is 0 Å². The molecule has 0 aliphatic heterocycles. The van der Waals surface area contributed by atoms with Gasteiger partial charge in [-0.2, -0.15) is 0 Å². The summed E-state index contributed by atoms with van der Waals surface area (Å²) in [6.07, 6.45) is 3.49. The first-order chi connectivity index (χ1) is 8.88. The Bertz CT molecular complexity index is 666. The van der Waals surface area contributed by atoms with E-state index in [4.69, 9.17) is 0 Å². The summed E-state index contributed by atoms with van der Waals surface area (Å²) in [5, 5.41) is 0. The first-order valence-electron chi connectivity index (χ1n) is 6.18. The zero-order valence-corrected chi connectivity index (χ0v) is 10.2. The number of hydrogen-bond acceptors (Lipinski definition) is 0. The summed E-state index contributed by atoms with van der Waals surface area (Å²) in [6, 6.07) is 15.3. The Morgan fingerprint density at radius 1 is 1.06 bits per heavy atom. The van der Waals surface area contributed by atoms with E-state index >= 15 is 0 Å². The molecule has 1 aliphatic rings. The summed E-state index contributed by atoms with van der Waals surface area (Å²) in [5.74, 6) is 5.99. The normalized spacial score (nSPS) is 11.1. The van der Waals surface area contributed by atoms with Gasteiger partial charge in [-0.3, -0.25) is 0 Å². The highest BCUT2D eigenvalue weighted by atomic mass is 14.2. The zero-order chi connectivity index (χ0) is 12.4. The highest BCUT2D eigenvalue weighted by molar-refractivity contribution is 5.76. The minimum absolute atomic E-state index is 0.801. The van der Waals surface area contributed by atoms with Crippen molar-refractivity contribution in [3.05, 3.63) is 71.8 Å². The molecule has 18 heavy (non-hydrogen) atoms. The Morgan fingerprint density at radius 2 is 1.89 bits per heavy atom. The molecule has 0 heteroatoms. The minimum atomic E-state index is 0.801. The maximum Gasteiger partial charge on any atom is 0.0344 e. The quantitative estimate of drug-likeness (QED) is 0.554. The first kappa shape index (κ1) is 10.9. The van der Waals surface area contributed by atoms with E-state index in [9.17, 15) is 0 Å². The van der Waals surface area contributed by atoms with Crippen LogP contribution in [0.2, 0.25) is 0 Å². The Hall–Kier alpha value is -2.26. The van der Waals surface area contributed by atoms with Gasteiger partial charge in [0.25, 0.3) is 0 Å². The molecule has 0 N–H and O–H groups in total. The molecular weight excluding hydrogens is 216 g/mol. The van der Waals surface area contributed by atoms with Gasteiger partial charge in [0, 0.05) is 6.42 Å². The van der Waals surface area contributed by atoms with Crippen LogP contribution in [-0.4, -0.2) is 0 Å². The van der Waals surface area contributed by atoms with Crippen LogP contribution in [0, 0.1) is 11.8 Å². The first-order valence-corrected chi connectivity index (χ1v) is 6.18. The van der Waals surface area contributed by atoms with E-state index in [1.807, 2.05) is 0 Å². The fraction of sp³-hybridized carbons (Fsp3) is 0.111. The van der Waals surface area contributed by atoms with Crippen molar-refractivity contribution in [3.8, 4) is 23.0 Å². The minimum Gasteiger partial charge on any atom is -0.0938 e. The highest BCUT2D eigenvalue weighted by Crippen LogP contribution is 2.36. The van der Waals surface area contributed by atoms with Gasteiger partial charge in [-0.25, -0.2) is 0 Å². The van der Waals surface area contributed by atoms with Crippen molar-refractivity contribution in [2.75, 3.05) is 0 Å². The van der Waals surface area contributed by atoms with Crippen LogP contribution >= 0.6 is 0 Å². The third-order valence-corrected chi connectivity index (χ3v) is 3.35. The maximum absolute atomic E-state index is 3.60. The standard InChI is InChI=1S/C18H14/c1-2-3-4-7-14-10-11-18-16(12-14)13-15-8-5-6-9-17(15)18/h2,5-6,8-12H,1,7,13H2. The number of allylic oxidation sites excluding steroid dienone is 1. The Balaban J connectivity index is 1.95. The van der Waals surface area contributed by atoms with E-state index in [1.54, 1.807) is 6.08 Å². The number of benzene rings is 2. The second-order valence-corrected chi connectivity index (χ2v) is 4.53. The molecule has 0 heterocycles. The third kappa shape index (κ3) is 1.85. The molecule has 0 amide bonds. The lowest BCUT2D eigenvalue weighted by Crippen LogP contribution is -1.86. The van der Waals surface area contributed by atoms with Crippen LogP contribution in [0.3, 0.4) is 0 Å². The fourth-order valence-corrected chi connectivity index (χ4v) is 2.53. The lowest BCUT2D eigenvalue weighted by atomic mass is 10.0. The van der Waals surface area contributed by atoms with Crippen molar-refractivity contribution in [1.82, 2.24) is 0 Å². The van der Waals surface area contributed by atoms with Gasteiger partial charge in [-0.05, 0) is 40.3 Å². The average Bonchev–Trinajstić information content (AvgIpc) is 2.76. The second kappa shape index (κ2) is 4.55. The van der Waals surface area contributed by atoms with Gasteiger partial charge >= 0.3 is 0 Å². The van der Waals surface area contributed by atoms with E-state index in [1.165, 1.54) is 27.8 Å². The van der Waals surface area contributed by atoms with Gasteiger partial charge in [0.15, 0.2) is 0 Å². The molecule has 0 nitrogen and oxygen atoms in total. The molecule has 0 unspecified atom stereocenters. The van der Waals surface area contributed by atoms with Crippen LogP contribution in [-0.2, 0) is 12.8 Å². The lowest BCUT2D eigenvalue weighted by molar-refractivity contribution is 1.22. The predicted octanol–water partition coefficient (Wildman–Crippen LogP) is 3.99. The van der Waals surface area contributed by atoms with E-state index in [0.717, 1.165) is 12.8 Å². The highest BCUT2D eigenvalue weighted by Gasteiger charge is 2.17. The van der Waals surface area contributed by atoms with Crippen molar-refractivity contribution < 1.29 is 0 Å². The average molecular weight is 230 g/mol. The van der Waals surface area contributed by atoms with Crippen LogP contribution in [0.25, 0.3) is 11.1 Å². The second-order valence-electron chi connectivity index (χ2n) is 4.53. The van der Waals surface area contributed by atoms with Gasteiger partial charge in [0.2, 0.25) is 0 Å². The van der Waals surface area contributed by atoms with Gasteiger partial charge < -0.3 is 0 Å².